The smallest absolute Gasteiger partial charge is 0.269 e. The first-order chi connectivity index (χ1) is 7.24. The van der Waals surface area contributed by atoms with Crippen molar-refractivity contribution in [2.45, 2.75) is 24.6 Å². The third-order valence-corrected chi connectivity index (χ3v) is 3.19. The van der Waals surface area contributed by atoms with Crippen LogP contribution in [-0.4, -0.2) is 22.3 Å². The third kappa shape index (κ3) is 4.42. The zero-order valence-corrected chi connectivity index (χ0v) is 10.3. The van der Waals surface area contributed by atoms with Gasteiger partial charge in [-0.05, 0) is 25.0 Å². The fourth-order valence-corrected chi connectivity index (χ4v) is 1.36. The van der Waals surface area contributed by atoms with Gasteiger partial charge in [0.25, 0.3) is 5.91 Å². The molecule has 1 amide bonds. The number of nitrogens with one attached hydrogen (secondary N) is 1. The average Bonchev–Trinajstić information content (AvgIpc) is 2.29. The number of pyridine rings is 1. The summed E-state index contributed by atoms with van der Waals surface area (Å²) in [6, 6.07) is 5.31. The fraction of sp³-hybridized carbons (Fsp3) is 0.455. The molecule has 82 valence electrons. The van der Waals surface area contributed by atoms with Crippen LogP contribution in [0.3, 0.4) is 0 Å². The van der Waals surface area contributed by atoms with Crippen LogP contribution in [0.5, 0.6) is 0 Å². The predicted molar refractivity (Wildman–Crippen MR) is 64.2 cm³/mol. The number of rotatable bonds is 5. The van der Waals surface area contributed by atoms with E-state index >= 15 is 0 Å². The SMILES string of the molecule is CCC(Br)CCNC(=O)c1ccccn1. The van der Waals surface area contributed by atoms with Gasteiger partial charge in [0, 0.05) is 17.6 Å². The lowest BCUT2D eigenvalue weighted by Crippen LogP contribution is -2.26. The molecule has 0 aromatic carbocycles. The van der Waals surface area contributed by atoms with Crippen LogP contribution in [0.4, 0.5) is 0 Å². The summed E-state index contributed by atoms with van der Waals surface area (Å²) in [5.74, 6) is -0.105. The van der Waals surface area contributed by atoms with Gasteiger partial charge in [0.15, 0.2) is 0 Å². The molecular weight excluding hydrogens is 256 g/mol. The quantitative estimate of drug-likeness (QED) is 0.835. The van der Waals surface area contributed by atoms with Crippen molar-refractivity contribution < 1.29 is 4.79 Å². The number of carbonyl (C=O) groups is 1. The second-order valence-electron chi connectivity index (χ2n) is 3.27. The Morgan fingerprint density at radius 3 is 3.00 bits per heavy atom. The molecule has 0 fully saturated rings. The first kappa shape index (κ1) is 12.2. The van der Waals surface area contributed by atoms with Crippen molar-refractivity contribution in [1.82, 2.24) is 10.3 Å². The molecular formula is C11H15BrN2O. The summed E-state index contributed by atoms with van der Waals surface area (Å²) in [6.07, 6.45) is 3.63. The largest absolute Gasteiger partial charge is 0.351 e. The summed E-state index contributed by atoms with van der Waals surface area (Å²) >= 11 is 3.52. The minimum atomic E-state index is -0.105. The zero-order valence-electron chi connectivity index (χ0n) is 8.74. The maximum atomic E-state index is 11.5. The van der Waals surface area contributed by atoms with Gasteiger partial charge in [-0.15, -0.1) is 0 Å². The van der Waals surface area contributed by atoms with Gasteiger partial charge >= 0.3 is 0 Å². The molecule has 0 saturated carbocycles. The molecule has 15 heavy (non-hydrogen) atoms. The molecule has 1 heterocycles. The second kappa shape index (κ2) is 6.56. The van der Waals surface area contributed by atoms with Crippen molar-refractivity contribution in [2.24, 2.45) is 0 Å². The highest BCUT2D eigenvalue weighted by atomic mass is 79.9. The van der Waals surface area contributed by atoms with E-state index in [1.165, 1.54) is 0 Å². The lowest BCUT2D eigenvalue weighted by atomic mass is 10.2. The molecule has 0 spiro atoms. The lowest BCUT2D eigenvalue weighted by molar-refractivity contribution is 0.0948. The summed E-state index contributed by atoms with van der Waals surface area (Å²) in [5.41, 5.74) is 0.472. The van der Waals surface area contributed by atoms with Crippen LogP contribution in [0, 0.1) is 0 Å². The Kier molecular flexibility index (Phi) is 5.32. The van der Waals surface area contributed by atoms with Crippen molar-refractivity contribution in [3.05, 3.63) is 30.1 Å². The Hall–Kier alpha value is -0.900. The summed E-state index contributed by atoms with van der Waals surface area (Å²) < 4.78 is 0. The van der Waals surface area contributed by atoms with E-state index in [0.717, 1.165) is 12.8 Å². The highest BCUT2D eigenvalue weighted by molar-refractivity contribution is 9.09. The Morgan fingerprint density at radius 2 is 2.40 bits per heavy atom. The number of amides is 1. The maximum Gasteiger partial charge on any atom is 0.269 e. The van der Waals surface area contributed by atoms with Gasteiger partial charge in [0.1, 0.15) is 5.69 Å². The Labute approximate surface area is 98.4 Å². The van der Waals surface area contributed by atoms with Gasteiger partial charge in [0.05, 0.1) is 0 Å². The van der Waals surface area contributed by atoms with Crippen LogP contribution in [0.2, 0.25) is 0 Å². The van der Waals surface area contributed by atoms with Gasteiger partial charge in [0.2, 0.25) is 0 Å². The van der Waals surface area contributed by atoms with Crippen LogP contribution in [0.15, 0.2) is 24.4 Å². The van der Waals surface area contributed by atoms with Crippen LogP contribution in [0.1, 0.15) is 30.3 Å². The molecule has 1 aromatic rings. The minimum Gasteiger partial charge on any atom is -0.351 e. The van der Waals surface area contributed by atoms with Crippen LogP contribution < -0.4 is 5.32 Å². The van der Waals surface area contributed by atoms with Crippen molar-refractivity contribution in [3.8, 4) is 0 Å². The van der Waals surface area contributed by atoms with E-state index in [1.807, 2.05) is 0 Å². The number of hydrogen-bond acceptors (Lipinski definition) is 2. The fourth-order valence-electron chi connectivity index (χ4n) is 1.13. The van der Waals surface area contributed by atoms with Crippen molar-refractivity contribution in [3.63, 3.8) is 0 Å². The van der Waals surface area contributed by atoms with E-state index in [-0.39, 0.29) is 5.91 Å². The normalized spacial score (nSPS) is 12.1. The van der Waals surface area contributed by atoms with Gasteiger partial charge in [-0.1, -0.05) is 28.9 Å². The number of hydrogen-bond donors (Lipinski definition) is 1. The molecule has 1 aromatic heterocycles. The van der Waals surface area contributed by atoms with Gasteiger partial charge in [-0.2, -0.15) is 0 Å². The van der Waals surface area contributed by atoms with Crippen molar-refractivity contribution in [2.75, 3.05) is 6.54 Å². The standard InChI is InChI=1S/C11H15BrN2O/c1-2-9(12)6-8-14-11(15)10-5-3-4-7-13-10/h3-5,7,9H,2,6,8H2,1H3,(H,14,15). The molecule has 1 atom stereocenters. The van der Waals surface area contributed by atoms with Crippen LogP contribution in [-0.2, 0) is 0 Å². The van der Waals surface area contributed by atoms with Crippen molar-refractivity contribution >= 4 is 21.8 Å². The number of halogens is 1. The molecule has 0 saturated heterocycles. The summed E-state index contributed by atoms with van der Waals surface area (Å²) in [4.78, 5) is 16.0. The second-order valence-corrected chi connectivity index (χ2v) is 4.56. The van der Waals surface area contributed by atoms with Crippen LogP contribution >= 0.6 is 15.9 Å². The molecule has 0 aliphatic heterocycles. The first-order valence-corrected chi connectivity index (χ1v) is 5.99. The highest BCUT2D eigenvalue weighted by Gasteiger charge is 2.06. The van der Waals surface area contributed by atoms with E-state index < -0.39 is 0 Å². The number of alkyl halides is 1. The maximum absolute atomic E-state index is 11.5. The number of carbonyl (C=O) groups excluding carboxylic acids is 1. The van der Waals surface area contributed by atoms with E-state index in [2.05, 4.69) is 33.2 Å². The number of aromatic nitrogens is 1. The van der Waals surface area contributed by atoms with Gasteiger partial charge in [-0.25, -0.2) is 0 Å². The van der Waals surface area contributed by atoms with Crippen molar-refractivity contribution in [1.29, 1.82) is 0 Å². The highest BCUT2D eigenvalue weighted by Crippen LogP contribution is 2.07. The van der Waals surface area contributed by atoms with E-state index in [4.69, 9.17) is 0 Å². The molecule has 0 bridgehead atoms. The van der Waals surface area contributed by atoms with Gasteiger partial charge < -0.3 is 5.32 Å². The Morgan fingerprint density at radius 1 is 1.60 bits per heavy atom. The molecule has 0 aliphatic carbocycles. The minimum absolute atomic E-state index is 0.105. The molecule has 1 N–H and O–H groups in total. The monoisotopic (exact) mass is 270 g/mol. The number of nitrogens with zero attached hydrogens (tertiary/aromatic N) is 1. The van der Waals surface area contributed by atoms with E-state index in [1.54, 1.807) is 24.4 Å². The van der Waals surface area contributed by atoms with Crippen LogP contribution in [0.25, 0.3) is 0 Å². The Bertz CT molecular complexity index is 303. The summed E-state index contributed by atoms with van der Waals surface area (Å²) in [7, 11) is 0. The van der Waals surface area contributed by atoms with E-state index in [0.29, 0.717) is 17.1 Å². The first-order valence-electron chi connectivity index (χ1n) is 5.07. The average molecular weight is 271 g/mol. The summed E-state index contributed by atoms with van der Waals surface area (Å²) in [5, 5.41) is 2.83. The van der Waals surface area contributed by atoms with E-state index in [9.17, 15) is 4.79 Å². The third-order valence-electron chi connectivity index (χ3n) is 2.08. The topological polar surface area (TPSA) is 42.0 Å². The summed E-state index contributed by atoms with van der Waals surface area (Å²) in [6.45, 7) is 2.79. The molecule has 4 heteroatoms. The zero-order chi connectivity index (χ0) is 11.1. The molecule has 1 rings (SSSR count). The lowest BCUT2D eigenvalue weighted by Gasteiger charge is -2.07. The molecule has 1 unspecified atom stereocenters. The molecule has 0 aliphatic rings. The Balaban J connectivity index is 2.31. The molecule has 3 nitrogen and oxygen atoms in total. The molecule has 0 radical (unpaired) electrons. The predicted octanol–water partition coefficient (Wildman–Crippen LogP) is 2.38. The van der Waals surface area contributed by atoms with Gasteiger partial charge in [-0.3, -0.25) is 9.78 Å².